The monoisotopic (exact) mass is 264 g/mol. The van der Waals surface area contributed by atoms with Crippen molar-refractivity contribution in [1.29, 1.82) is 0 Å². The molecular weight excluding hydrogens is 244 g/mol. The third kappa shape index (κ3) is 3.35. The van der Waals surface area contributed by atoms with Crippen molar-refractivity contribution < 1.29 is 9.53 Å². The Kier molecular flexibility index (Phi) is 4.57. The number of rotatable bonds is 4. The van der Waals surface area contributed by atoms with Crippen LogP contribution in [0.2, 0.25) is 0 Å². The average Bonchev–Trinajstić information content (AvgIpc) is 2.45. The maximum Gasteiger partial charge on any atom is 0.225 e. The molecule has 1 aliphatic heterocycles. The van der Waals surface area contributed by atoms with Gasteiger partial charge in [0.15, 0.2) is 5.82 Å². The lowest BCUT2D eigenvalue weighted by Crippen LogP contribution is -2.49. The largest absolute Gasteiger partial charge is 0.396 e. The first-order valence-electron chi connectivity index (χ1n) is 6.44. The van der Waals surface area contributed by atoms with Gasteiger partial charge in [-0.2, -0.15) is 0 Å². The van der Waals surface area contributed by atoms with Crippen molar-refractivity contribution >= 4 is 17.4 Å². The number of methoxy groups -OCH3 is 1. The van der Waals surface area contributed by atoms with E-state index in [-0.39, 0.29) is 5.91 Å². The first-order chi connectivity index (χ1) is 9.22. The molecule has 1 aromatic rings. The molecule has 0 atom stereocenters. The Morgan fingerprint density at radius 2 is 2.16 bits per heavy atom. The number of nitrogen functional groups attached to an aromatic ring is 1. The number of pyridine rings is 1. The van der Waals surface area contributed by atoms with E-state index < -0.39 is 0 Å². The fourth-order valence-electron chi connectivity index (χ4n) is 2.19. The van der Waals surface area contributed by atoms with E-state index in [0.29, 0.717) is 31.8 Å². The zero-order valence-electron chi connectivity index (χ0n) is 11.2. The number of hydrogen-bond acceptors (Lipinski definition) is 5. The minimum atomic E-state index is 0.149. The third-order valence-corrected chi connectivity index (χ3v) is 3.27. The number of aromatic nitrogens is 1. The van der Waals surface area contributed by atoms with Crippen molar-refractivity contribution in [2.24, 2.45) is 0 Å². The standard InChI is InChI=1S/C13H20N4O2/c1-19-10-4-12(18)16-6-8-17(9-7-16)13-11(14)3-2-5-15-13/h2-3,5H,4,6-10,14H2,1H3. The molecule has 0 aliphatic carbocycles. The highest BCUT2D eigenvalue weighted by Crippen LogP contribution is 2.20. The number of hydrogen-bond donors (Lipinski definition) is 1. The van der Waals surface area contributed by atoms with E-state index >= 15 is 0 Å². The van der Waals surface area contributed by atoms with Crippen molar-refractivity contribution in [2.45, 2.75) is 6.42 Å². The molecule has 1 amide bonds. The van der Waals surface area contributed by atoms with Crippen molar-refractivity contribution in [2.75, 3.05) is 50.5 Å². The van der Waals surface area contributed by atoms with Crippen LogP contribution >= 0.6 is 0 Å². The van der Waals surface area contributed by atoms with Gasteiger partial charge in [-0.05, 0) is 12.1 Å². The molecule has 6 heteroatoms. The van der Waals surface area contributed by atoms with Crippen LogP contribution in [0, 0.1) is 0 Å². The number of nitrogens with zero attached hydrogens (tertiary/aromatic N) is 3. The van der Waals surface area contributed by atoms with Crippen LogP contribution < -0.4 is 10.6 Å². The lowest BCUT2D eigenvalue weighted by molar-refractivity contribution is -0.132. The van der Waals surface area contributed by atoms with E-state index in [4.69, 9.17) is 10.5 Å². The topological polar surface area (TPSA) is 71.7 Å². The van der Waals surface area contributed by atoms with Gasteiger partial charge in [0.05, 0.1) is 18.7 Å². The highest BCUT2D eigenvalue weighted by atomic mass is 16.5. The molecule has 1 fully saturated rings. The molecule has 1 saturated heterocycles. The summed E-state index contributed by atoms with van der Waals surface area (Å²) in [6, 6.07) is 3.67. The Balaban J connectivity index is 1.89. The normalized spacial score (nSPS) is 15.6. The second-order valence-corrected chi connectivity index (χ2v) is 4.53. The molecule has 104 valence electrons. The van der Waals surface area contributed by atoms with Crippen molar-refractivity contribution in [1.82, 2.24) is 9.88 Å². The van der Waals surface area contributed by atoms with Crippen LogP contribution in [0.15, 0.2) is 18.3 Å². The van der Waals surface area contributed by atoms with E-state index in [1.165, 1.54) is 0 Å². The predicted octanol–water partition coefficient (Wildman–Crippen LogP) is 0.349. The Morgan fingerprint density at radius 3 is 2.79 bits per heavy atom. The summed E-state index contributed by atoms with van der Waals surface area (Å²) in [5, 5.41) is 0. The van der Waals surface area contributed by atoms with Crippen molar-refractivity contribution in [3.63, 3.8) is 0 Å². The van der Waals surface area contributed by atoms with Crippen LogP contribution in [0.3, 0.4) is 0 Å². The third-order valence-electron chi connectivity index (χ3n) is 3.27. The smallest absolute Gasteiger partial charge is 0.225 e. The number of anilines is 2. The van der Waals surface area contributed by atoms with Gasteiger partial charge in [-0.25, -0.2) is 4.98 Å². The van der Waals surface area contributed by atoms with E-state index in [1.807, 2.05) is 17.0 Å². The molecule has 0 aromatic carbocycles. The van der Waals surface area contributed by atoms with Gasteiger partial charge in [-0.3, -0.25) is 4.79 Å². The Morgan fingerprint density at radius 1 is 1.42 bits per heavy atom. The number of amides is 1. The van der Waals surface area contributed by atoms with Crippen LogP contribution in [-0.4, -0.2) is 55.7 Å². The molecule has 0 bridgehead atoms. The summed E-state index contributed by atoms with van der Waals surface area (Å²) in [5.74, 6) is 0.960. The summed E-state index contributed by atoms with van der Waals surface area (Å²) in [7, 11) is 1.61. The maximum atomic E-state index is 11.9. The van der Waals surface area contributed by atoms with Crippen LogP contribution in [-0.2, 0) is 9.53 Å². The van der Waals surface area contributed by atoms with Crippen LogP contribution in [0.4, 0.5) is 11.5 Å². The number of nitrogens with two attached hydrogens (primary N) is 1. The molecule has 19 heavy (non-hydrogen) atoms. The Labute approximate surface area is 113 Å². The first-order valence-corrected chi connectivity index (χ1v) is 6.44. The number of carbonyl (C=O) groups is 1. The van der Waals surface area contributed by atoms with Gasteiger partial charge in [-0.1, -0.05) is 0 Å². The number of piperazine rings is 1. The van der Waals surface area contributed by atoms with E-state index in [0.717, 1.165) is 18.9 Å². The lowest BCUT2D eigenvalue weighted by Gasteiger charge is -2.35. The Bertz CT molecular complexity index is 430. The molecule has 6 nitrogen and oxygen atoms in total. The summed E-state index contributed by atoms with van der Waals surface area (Å²) in [6.07, 6.45) is 2.18. The molecule has 2 N–H and O–H groups in total. The van der Waals surface area contributed by atoms with Gasteiger partial charge in [0.2, 0.25) is 5.91 Å². The molecule has 0 saturated carbocycles. The van der Waals surface area contributed by atoms with Gasteiger partial charge in [0.1, 0.15) is 0 Å². The average molecular weight is 264 g/mol. The summed E-state index contributed by atoms with van der Waals surface area (Å²) in [6.45, 7) is 3.42. The second kappa shape index (κ2) is 6.38. The molecule has 0 radical (unpaired) electrons. The fraction of sp³-hybridized carbons (Fsp3) is 0.538. The lowest BCUT2D eigenvalue weighted by atomic mass is 10.2. The molecular formula is C13H20N4O2. The highest BCUT2D eigenvalue weighted by Gasteiger charge is 2.22. The van der Waals surface area contributed by atoms with Crippen molar-refractivity contribution in [3.05, 3.63) is 18.3 Å². The van der Waals surface area contributed by atoms with Gasteiger partial charge >= 0.3 is 0 Å². The zero-order chi connectivity index (χ0) is 13.7. The van der Waals surface area contributed by atoms with Gasteiger partial charge in [-0.15, -0.1) is 0 Å². The highest BCUT2D eigenvalue weighted by molar-refractivity contribution is 5.76. The fourth-order valence-corrected chi connectivity index (χ4v) is 2.19. The summed E-state index contributed by atoms with van der Waals surface area (Å²) in [4.78, 5) is 20.1. The van der Waals surface area contributed by atoms with Crippen LogP contribution in [0.1, 0.15) is 6.42 Å². The zero-order valence-corrected chi connectivity index (χ0v) is 11.2. The molecule has 0 unspecified atom stereocenters. The maximum absolute atomic E-state index is 11.9. The van der Waals surface area contributed by atoms with E-state index in [1.54, 1.807) is 13.3 Å². The minimum Gasteiger partial charge on any atom is -0.396 e. The first kappa shape index (κ1) is 13.6. The van der Waals surface area contributed by atoms with Gasteiger partial charge in [0.25, 0.3) is 0 Å². The van der Waals surface area contributed by atoms with E-state index in [2.05, 4.69) is 9.88 Å². The molecule has 2 rings (SSSR count). The van der Waals surface area contributed by atoms with Gasteiger partial charge in [0, 0.05) is 39.5 Å². The second-order valence-electron chi connectivity index (χ2n) is 4.53. The van der Waals surface area contributed by atoms with Crippen LogP contribution in [0.25, 0.3) is 0 Å². The summed E-state index contributed by atoms with van der Waals surface area (Å²) < 4.78 is 4.93. The summed E-state index contributed by atoms with van der Waals surface area (Å²) in [5.41, 5.74) is 6.59. The summed E-state index contributed by atoms with van der Waals surface area (Å²) >= 11 is 0. The molecule has 0 spiro atoms. The van der Waals surface area contributed by atoms with Crippen molar-refractivity contribution in [3.8, 4) is 0 Å². The SMILES string of the molecule is COCCC(=O)N1CCN(c2ncccc2N)CC1. The molecule has 1 aliphatic rings. The van der Waals surface area contributed by atoms with Crippen LogP contribution in [0.5, 0.6) is 0 Å². The predicted molar refractivity (Wildman–Crippen MR) is 73.9 cm³/mol. The molecule has 1 aromatic heterocycles. The number of carbonyl (C=O) groups excluding carboxylic acids is 1. The number of ether oxygens (including phenoxy) is 1. The Hall–Kier alpha value is -1.82. The molecule has 2 heterocycles. The van der Waals surface area contributed by atoms with E-state index in [9.17, 15) is 4.79 Å². The quantitative estimate of drug-likeness (QED) is 0.849. The minimum absolute atomic E-state index is 0.149. The van der Waals surface area contributed by atoms with Gasteiger partial charge < -0.3 is 20.3 Å².